The molecular weight excluding hydrogens is 616 g/mol. The predicted molar refractivity (Wildman–Crippen MR) is 194 cm³/mol. The quantitative estimate of drug-likeness (QED) is 0.0933. The fourth-order valence-corrected chi connectivity index (χ4v) is 6.40. The van der Waals surface area contributed by atoms with Crippen LogP contribution in [0.5, 0.6) is 5.75 Å². The Kier molecular flexibility index (Phi) is 13.6. The number of nitrogens with one attached hydrogen (secondary N) is 1. The smallest absolute Gasteiger partial charge is 0.253 e. The maximum Gasteiger partial charge on any atom is 0.253 e. The molecule has 4 aromatic rings. The van der Waals surface area contributed by atoms with Crippen molar-refractivity contribution in [2.75, 3.05) is 47.3 Å². The summed E-state index contributed by atoms with van der Waals surface area (Å²) in [4.78, 5) is 28.1. The van der Waals surface area contributed by atoms with Gasteiger partial charge in [0.15, 0.2) is 6.79 Å². The van der Waals surface area contributed by atoms with E-state index in [0.29, 0.717) is 50.0 Å². The van der Waals surface area contributed by atoms with Crippen LogP contribution in [0.15, 0.2) is 84.9 Å². The van der Waals surface area contributed by atoms with E-state index >= 15 is 0 Å². The molecule has 0 spiro atoms. The van der Waals surface area contributed by atoms with Gasteiger partial charge in [-0.05, 0) is 89.0 Å². The van der Waals surface area contributed by atoms with Gasteiger partial charge in [0, 0.05) is 45.8 Å². The van der Waals surface area contributed by atoms with Crippen molar-refractivity contribution in [3.05, 3.63) is 102 Å². The molecule has 0 heterocycles. The molecule has 49 heavy (non-hydrogen) atoms. The van der Waals surface area contributed by atoms with Gasteiger partial charge in [0.1, 0.15) is 11.9 Å². The number of carbonyl (C=O) groups excluding carboxylic acids is 2. The number of hydrogen-bond donors (Lipinski definition) is 1. The topological polar surface area (TPSA) is 86.3 Å². The van der Waals surface area contributed by atoms with Crippen LogP contribution in [0.4, 0.5) is 0 Å². The van der Waals surface area contributed by atoms with Crippen LogP contribution in [0.25, 0.3) is 21.9 Å². The summed E-state index contributed by atoms with van der Waals surface area (Å²) in [6.45, 7) is 4.78. The van der Waals surface area contributed by atoms with Gasteiger partial charge in [0.25, 0.3) is 5.91 Å². The third-order valence-corrected chi connectivity index (χ3v) is 9.15. The number of carbonyl (C=O) groups is 2. The number of amides is 2. The van der Waals surface area contributed by atoms with Crippen LogP contribution in [0, 0.1) is 5.92 Å². The molecule has 1 unspecified atom stereocenters. The number of ether oxygens (including phenoxy) is 4. The average Bonchev–Trinajstić information content (AvgIpc) is 3.14. The van der Waals surface area contributed by atoms with Gasteiger partial charge >= 0.3 is 0 Å². The summed E-state index contributed by atoms with van der Waals surface area (Å²) in [5.41, 5.74) is 4.88. The molecule has 0 aromatic heterocycles. The van der Waals surface area contributed by atoms with E-state index in [4.69, 9.17) is 18.9 Å². The van der Waals surface area contributed by atoms with Gasteiger partial charge < -0.3 is 29.2 Å². The summed E-state index contributed by atoms with van der Waals surface area (Å²) in [7, 11) is 3.46. The van der Waals surface area contributed by atoms with Crippen LogP contribution < -0.4 is 10.1 Å². The van der Waals surface area contributed by atoms with Crippen molar-refractivity contribution in [1.82, 2.24) is 10.2 Å². The fraction of sp³-hybridized carbons (Fsp3) is 0.415. The first-order valence-corrected chi connectivity index (χ1v) is 17.5. The maximum absolute atomic E-state index is 13.4. The van der Waals surface area contributed by atoms with Crippen molar-refractivity contribution in [2.45, 2.75) is 58.1 Å². The largest absolute Gasteiger partial charge is 0.468 e. The van der Waals surface area contributed by atoms with Crippen molar-refractivity contribution >= 4 is 22.6 Å². The maximum atomic E-state index is 13.4. The molecule has 260 valence electrons. The standard InChI is InChI=1S/C41H50N2O6/c1-4-48-39(40(44)42-27-31-9-6-5-7-10-31)24-30-13-15-33(16-14-30)34-12-8-11-32(23-34)28-43(2)41(45)37-18-17-36-26-38(20-19-35(36)25-37)49-29-47-22-21-46-3/h8,11-20,23,25-26,31,39H,4-7,9-10,21-22,24,27-29H2,1-3H3,(H,42,44). The van der Waals surface area contributed by atoms with Crippen molar-refractivity contribution in [2.24, 2.45) is 5.92 Å². The molecule has 8 nitrogen and oxygen atoms in total. The summed E-state index contributed by atoms with van der Waals surface area (Å²) < 4.78 is 21.9. The Balaban J connectivity index is 1.16. The molecule has 4 aromatic carbocycles. The lowest BCUT2D eigenvalue weighted by molar-refractivity contribution is -0.132. The van der Waals surface area contributed by atoms with Crippen LogP contribution in [0.3, 0.4) is 0 Å². The SMILES string of the molecule is CCOC(Cc1ccc(-c2cccc(CN(C)C(=O)c3ccc4cc(OCOCCOC)ccc4c3)c2)cc1)C(=O)NCC1CCCCC1. The zero-order chi connectivity index (χ0) is 34.4. The molecule has 8 heteroatoms. The monoisotopic (exact) mass is 666 g/mol. The number of nitrogens with zero attached hydrogens (tertiary/aromatic N) is 1. The van der Waals surface area contributed by atoms with Gasteiger partial charge in [0.05, 0.1) is 13.2 Å². The highest BCUT2D eigenvalue weighted by atomic mass is 16.7. The van der Waals surface area contributed by atoms with Crippen LogP contribution in [-0.2, 0) is 32.0 Å². The van der Waals surface area contributed by atoms with Crippen LogP contribution in [0.2, 0.25) is 0 Å². The van der Waals surface area contributed by atoms with E-state index in [1.54, 1.807) is 12.0 Å². The Morgan fingerprint density at radius 2 is 1.63 bits per heavy atom. The minimum atomic E-state index is -0.499. The Morgan fingerprint density at radius 1 is 0.857 bits per heavy atom. The number of fused-ring (bicyclic) bond motifs is 1. The first-order chi connectivity index (χ1) is 23.9. The van der Waals surface area contributed by atoms with Crippen molar-refractivity contribution < 1.29 is 28.5 Å². The third kappa shape index (κ3) is 10.6. The number of rotatable bonds is 17. The van der Waals surface area contributed by atoms with E-state index in [0.717, 1.165) is 39.6 Å². The first-order valence-electron chi connectivity index (χ1n) is 17.5. The molecule has 1 N–H and O–H groups in total. The second kappa shape index (κ2) is 18.5. The summed E-state index contributed by atoms with van der Waals surface area (Å²) in [6, 6.07) is 28.1. The summed E-state index contributed by atoms with van der Waals surface area (Å²) in [5.74, 6) is 1.22. The highest BCUT2D eigenvalue weighted by Gasteiger charge is 2.21. The Morgan fingerprint density at radius 3 is 2.41 bits per heavy atom. The zero-order valence-electron chi connectivity index (χ0n) is 29.1. The molecule has 5 rings (SSSR count). The second-order valence-corrected chi connectivity index (χ2v) is 12.8. The molecule has 1 aliphatic rings. The number of benzene rings is 4. The molecular formula is C41H50N2O6. The van der Waals surface area contributed by atoms with E-state index in [2.05, 4.69) is 41.7 Å². The lowest BCUT2D eigenvalue weighted by Crippen LogP contribution is -2.40. The van der Waals surface area contributed by atoms with Gasteiger partial charge in [-0.2, -0.15) is 0 Å². The summed E-state index contributed by atoms with van der Waals surface area (Å²) >= 11 is 0. The first kappa shape index (κ1) is 36.1. The Labute approximate surface area is 290 Å². The highest BCUT2D eigenvalue weighted by molar-refractivity contribution is 5.98. The van der Waals surface area contributed by atoms with Crippen LogP contribution in [0.1, 0.15) is 60.5 Å². The van der Waals surface area contributed by atoms with Crippen molar-refractivity contribution in [3.63, 3.8) is 0 Å². The molecule has 2 amide bonds. The van der Waals surface area contributed by atoms with E-state index < -0.39 is 6.10 Å². The molecule has 1 aliphatic carbocycles. The summed E-state index contributed by atoms with van der Waals surface area (Å²) in [6.07, 6.45) is 6.26. The van der Waals surface area contributed by atoms with Gasteiger partial charge in [0.2, 0.25) is 5.91 Å². The molecule has 0 saturated heterocycles. The van der Waals surface area contributed by atoms with E-state index in [1.165, 1.54) is 32.1 Å². The van der Waals surface area contributed by atoms with E-state index in [9.17, 15) is 9.59 Å². The Hall–Kier alpha value is -4.24. The van der Waals surface area contributed by atoms with Gasteiger partial charge in [-0.25, -0.2) is 0 Å². The van der Waals surface area contributed by atoms with E-state index in [-0.39, 0.29) is 18.6 Å². The molecule has 1 saturated carbocycles. The van der Waals surface area contributed by atoms with Gasteiger partial charge in [-0.15, -0.1) is 0 Å². The van der Waals surface area contributed by atoms with Gasteiger partial charge in [-0.1, -0.05) is 73.9 Å². The van der Waals surface area contributed by atoms with Crippen molar-refractivity contribution in [1.29, 1.82) is 0 Å². The lowest BCUT2D eigenvalue weighted by atomic mass is 9.89. The minimum absolute atomic E-state index is 0.0223. The number of hydrogen-bond acceptors (Lipinski definition) is 6. The second-order valence-electron chi connectivity index (χ2n) is 12.8. The lowest BCUT2D eigenvalue weighted by Gasteiger charge is -2.23. The average molecular weight is 667 g/mol. The molecule has 0 radical (unpaired) electrons. The normalized spacial score (nSPS) is 14.0. The Bertz CT molecular complexity index is 1650. The summed E-state index contributed by atoms with van der Waals surface area (Å²) in [5, 5.41) is 5.10. The highest BCUT2D eigenvalue weighted by Crippen LogP contribution is 2.26. The van der Waals surface area contributed by atoms with Gasteiger partial charge in [-0.3, -0.25) is 9.59 Å². The predicted octanol–water partition coefficient (Wildman–Crippen LogP) is 7.42. The van der Waals surface area contributed by atoms with Crippen LogP contribution >= 0.6 is 0 Å². The van der Waals surface area contributed by atoms with E-state index in [1.807, 2.05) is 62.5 Å². The minimum Gasteiger partial charge on any atom is -0.468 e. The van der Waals surface area contributed by atoms with Crippen molar-refractivity contribution in [3.8, 4) is 16.9 Å². The number of methoxy groups -OCH3 is 1. The zero-order valence-corrected chi connectivity index (χ0v) is 29.1. The molecule has 0 aliphatic heterocycles. The molecule has 1 fully saturated rings. The fourth-order valence-electron chi connectivity index (χ4n) is 6.40. The molecule has 1 atom stereocenters. The third-order valence-electron chi connectivity index (χ3n) is 9.15. The molecule has 0 bridgehead atoms. The van der Waals surface area contributed by atoms with Crippen LogP contribution in [-0.4, -0.2) is 70.1 Å².